The summed E-state index contributed by atoms with van der Waals surface area (Å²) in [6.45, 7) is 2.30. The monoisotopic (exact) mass is 298 g/mol. The SMILES string of the molecule is Cc1cc(S(=O)(=O)NCC2CCCC2CO)ccc1N. The number of anilines is 1. The normalized spacial score (nSPS) is 23.1. The van der Waals surface area contributed by atoms with Gasteiger partial charge in [0.15, 0.2) is 0 Å². The molecule has 4 N–H and O–H groups in total. The van der Waals surface area contributed by atoms with Gasteiger partial charge < -0.3 is 10.8 Å². The van der Waals surface area contributed by atoms with Crippen LogP contribution in [0.3, 0.4) is 0 Å². The summed E-state index contributed by atoms with van der Waals surface area (Å²) in [6.07, 6.45) is 3.00. The summed E-state index contributed by atoms with van der Waals surface area (Å²) in [5.74, 6) is 0.440. The van der Waals surface area contributed by atoms with Crippen LogP contribution in [-0.4, -0.2) is 26.7 Å². The summed E-state index contributed by atoms with van der Waals surface area (Å²) < 4.78 is 27.1. The molecule has 0 aromatic heterocycles. The predicted molar refractivity (Wildman–Crippen MR) is 78.7 cm³/mol. The van der Waals surface area contributed by atoms with Gasteiger partial charge in [-0.25, -0.2) is 13.1 Å². The van der Waals surface area contributed by atoms with E-state index in [0.717, 1.165) is 24.8 Å². The molecular formula is C14H22N2O3S. The average Bonchev–Trinajstić information content (AvgIpc) is 2.87. The fourth-order valence-electron chi connectivity index (χ4n) is 2.74. The van der Waals surface area contributed by atoms with Gasteiger partial charge in [0.05, 0.1) is 4.90 Å². The highest BCUT2D eigenvalue weighted by molar-refractivity contribution is 7.89. The number of aryl methyl sites for hydroxylation is 1. The molecule has 1 aliphatic rings. The van der Waals surface area contributed by atoms with E-state index in [0.29, 0.717) is 12.2 Å². The standard InChI is InChI=1S/C14H22N2O3S/c1-10-7-13(5-6-14(10)15)20(18,19)16-8-11-3-2-4-12(11)9-17/h5-7,11-12,16-17H,2-4,8-9,15H2,1H3. The fraction of sp³-hybridized carbons (Fsp3) is 0.571. The van der Waals surface area contributed by atoms with E-state index in [1.165, 1.54) is 6.07 Å². The Labute approximate surface area is 120 Å². The number of sulfonamides is 1. The summed E-state index contributed by atoms with van der Waals surface area (Å²) in [5.41, 5.74) is 7.03. The van der Waals surface area contributed by atoms with Gasteiger partial charge in [-0.15, -0.1) is 0 Å². The maximum Gasteiger partial charge on any atom is 0.240 e. The molecule has 6 heteroatoms. The van der Waals surface area contributed by atoms with Crippen molar-refractivity contribution in [2.24, 2.45) is 11.8 Å². The van der Waals surface area contributed by atoms with Gasteiger partial charge in [-0.05, 0) is 55.4 Å². The molecule has 20 heavy (non-hydrogen) atoms. The van der Waals surface area contributed by atoms with Crippen molar-refractivity contribution < 1.29 is 13.5 Å². The van der Waals surface area contributed by atoms with Crippen LogP contribution in [0.5, 0.6) is 0 Å². The molecule has 0 bridgehead atoms. The van der Waals surface area contributed by atoms with Crippen molar-refractivity contribution in [3.8, 4) is 0 Å². The zero-order valence-electron chi connectivity index (χ0n) is 11.7. The van der Waals surface area contributed by atoms with E-state index in [2.05, 4.69) is 4.72 Å². The topological polar surface area (TPSA) is 92.4 Å². The Morgan fingerprint density at radius 1 is 1.35 bits per heavy atom. The molecule has 112 valence electrons. The molecule has 1 saturated carbocycles. The molecule has 0 heterocycles. The number of aliphatic hydroxyl groups excluding tert-OH is 1. The number of rotatable bonds is 5. The zero-order chi connectivity index (χ0) is 14.8. The molecule has 0 aliphatic heterocycles. The number of hydrogen-bond acceptors (Lipinski definition) is 4. The molecule has 2 atom stereocenters. The summed E-state index contributed by atoms with van der Waals surface area (Å²) in [6, 6.07) is 4.70. The van der Waals surface area contributed by atoms with Crippen LogP contribution in [0.4, 0.5) is 5.69 Å². The first-order valence-corrected chi connectivity index (χ1v) is 8.39. The van der Waals surface area contributed by atoms with Crippen LogP contribution in [0.2, 0.25) is 0 Å². The van der Waals surface area contributed by atoms with Gasteiger partial charge in [-0.1, -0.05) is 6.42 Å². The van der Waals surface area contributed by atoms with Crippen LogP contribution in [0.25, 0.3) is 0 Å². The Hall–Kier alpha value is -1.11. The average molecular weight is 298 g/mol. The van der Waals surface area contributed by atoms with Crippen LogP contribution in [0.15, 0.2) is 23.1 Å². The first kappa shape index (κ1) is 15.3. The molecule has 0 spiro atoms. The Bertz CT molecular complexity index is 572. The number of nitrogens with one attached hydrogen (secondary N) is 1. The van der Waals surface area contributed by atoms with Crippen molar-refractivity contribution in [2.75, 3.05) is 18.9 Å². The highest BCUT2D eigenvalue weighted by Crippen LogP contribution is 2.31. The number of benzene rings is 1. The summed E-state index contributed by atoms with van der Waals surface area (Å²) in [4.78, 5) is 0.239. The highest BCUT2D eigenvalue weighted by Gasteiger charge is 2.28. The minimum Gasteiger partial charge on any atom is -0.399 e. The maximum absolute atomic E-state index is 12.2. The van der Waals surface area contributed by atoms with E-state index in [4.69, 9.17) is 5.73 Å². The summed E-state index contributed by atoms with van der Waals surface area (Å²) in [7, 11) is -3.51. The lowest BCUT2D eigenvalue weighted by atomic mass is 9.97. The molecule has 1 aliphatic carbocycles. The van der Waals surface area contributed by atoms with E-state index in [9.17, 15) is 13.5 Å². The maximum atomic E-state index is 12.2. The van der Waals surface area contributed by atoms with Gasteiger partial charge in [-0.2, -0.15) is 0 Å². The first-order valence-electron chi connectivity index (χ1n) is 6.90. The third-order valence-electron chi connectivity index (χ3n) is 4.14. The number of nitrogens with two attached hydrogens (primary N) is 1. The third-order valence-corrected chi connectivity index (χ3v) is 5.56. The van der Waals surface area contributed by atoms with Gasteiger partial charge in [0.25, 0.3) is 0 Å². The Morgan fingerprint density at radius 2 is 2.05 bits per heavy atom. The van der Waals surface area contributed by atoms with E-state index >= 15 is 0 Å². The molecule has 1 aromatic rings. The van der Waals surface area contributed by atoms with Crippen molar-refractivity contribution in [3.05, 3.63) is 23.8 Å². The van der Waals surface area contributed by atoms with Gasteiger partial charge in [0, 0.05) is 18.8 Å². The Morgan fingerprint density at radius 3 is 2.70 bits per heavy atom. The molecule has 1 fully saturated rings. The highest BCUT2D eigenvalue weighted by atomic mass is 32.2. The van der Waals surface area contributed by atoms with Crippen LogP contribution in [0.1, 0.15) is 24.8 Å². The van der Waals surface area contributed by atoms with Crippen LogP contribution in [0, 0.1) is 18.8 Å². The van der Waals surface area contributed by atoms with Gasteiger partial charge in [0.1, 0.15) is 0 Å². The van der Waals surface area contributed by atoms with Crippen molar-refractivity contribution in [3.63, 3.8) is 0 Å². The van der Waals surface area contributed by atoms with Crippen LogP contribution < -0.4 is 10.5 Å². The first-order chi connectivity index (χ1) is 9.44. The minimum atomic E-state index is -3.51. The third kappa shape index (κ3) is 3.31. The molecule has 0 amide bonds. The lowest BCUT2D eigenvalue weighted by Crippen LogP contribution is -2.31. The molecular weight excluding hydrogens is 276 g/mol. The molecule has 1 aromatic carbocycles. The lowest BCUT2D eigenvalue weighted by Gasteiger charge is -2.18. The fourth-order valence-corrected chi connectivity index (χ4v) is 3.92. The van der Waals surface area contributed by atoms with E-state index in [-0.39, 0.29) is 23.3 Å². The van der Waals surface area contributed by atoms with E-state index in [1.807, 2.05) is 0 Å². The van der Waals surface area contributed by atoms with Crippen molar-refractivity contribution in [1.29, 1.82) is 0 Å². The van der Waals surface area contributed by atoms with Crippen molar-refractivity contribution >= 4 is 15.7 Å². The summed E-state index contributed by atoms with van der Waals surface area (Å²) >= 11 is 0. The van der Waals surface area contributed by atoms with E-state index in [1.54, 1.807) is 19.1 Å². The largest absolute Gasteiger partial charge is 0.399 e. The van der Waals surface area contributed by atoms with Gasteiger partial charge >= 0.3 is 0 Å². The molecule has 0 radical (unpaired) electrons. The quantitative estimate of drug-likeness (QED) is 0.714. The second-order valence-electron chi connectivity index (χ2n) is 5.50. The van der Waals surface area contributed by atoms with Crippen molar-refractivity contribution in [1.82, 2.24) is 4.72 Å². The molecule has 0 saturated heterocycles. The zero-order valence-corrected chi connectivity index (χ0v) is 12.5. The Balaban J connectivity index is 2.05. The number of nitrogen functional groups attached to an aromatic ring is 1. The van der Waals surface area contributed by atoms with Gasteiger partial charge in [-0.3, -0.25) is 0 Å². The van der Waals surface area contributed by atoms with Crippen LogP contribution in [-0.2, 0) is 10.0 Å². The summed E-state index contributed by atoms with van der Waals surface area (Å²) in [5, 5.41) is 9.26. The molecule has 5 nitrogen and oxygen atoms in total. The molecule has 2 rings (SSSR count). The second kappa shape index (κ2) is 6.11. The minimum absolute atomic E-state index is 0.132. The smallest absolute Gasteiger partial charge is 0.240 e. The predicted octanol–water partition coefficient (Wildman–Crippen LogP) is 1.26. The Kier molecular flexibility index (Phi) is 4.67. The number of aliphatic hydroxyl groups is 1. The van der Waals surface area contributed by atoms with Crippen LogP contribution >= 0.6 is 0 Å². The second-order valence-corrected chi connectivity index (χ2v) is 7.27. The molecule has 2 unspecified atom stereocenters. The number of hydrogen-bond donors (Lipinski definition) is 3. The van der Waals surface area contributed by atoms with Gasteiger partial charge in [0.2, 0.25) is 10.0 Å². The van der Waals surface area contributed by atoms with E-state index < -0.39 is 10.0 Å². The lowest BCUT2D eigenvalue weighted by molar-refractivity contribution is 0.195. The van der Waals surface area contributed by atoms with Crippen molar-refractivity contribution in [2.45, 2.75) is 31.1 Å².